The SMILES string of the molecule is O=C(c1cc(C2CC2)on1)N1CCCC1c1cccc(F)c1. The van der Waals surface area contributed by atoms with Crippen LogP contribution >= 0.6 is 0 Å². The molecule has 1 amide bonds. The first-order valence-electron chi connectivity index (χ1n) is 7.75. The van der Waals surface area contributed by atoms with Crippen LogP contribution in [-0.2, 0) is 0 Å². The maximum Gasteiger partial charge on any atom is 0.276 e. The molecule has 0 spiro atoms. The summed E-state index contributed by atoms with van der Waals surface area (Å²) in [5.41, 5.74) is 1.21. The summed E-state index contributed by atoms with van der Waals surface area (Å²) in [6.07, 6.45) is 3.99. The molecule has 114 valence electrons. The summed E-state index contributed by atoms with van der Waals surface area (Å²) in [4.78, 5) is 14.5. The number of aromatic nitrogens is 1. The second kappa shape index (κ2) is 5.23. The summed E-state index contributed by atoms with van der Waals surface area (Å²) in [6.45, 7) is 0.672. The van der Waals surface area contributed by atoms with Crippen LogP contribution in [0.3, 0.4) is 0 Å². The third-order valence-corrected chi connectivity index (χ3v) is 4.47. The summed E-state index contributed by atoms with van der Waals surface area (Å²) in [5.74, 6) is 0.855. The van der Waals surface area contributed by atoms with E-state index in [0.717, 1.165) is 37.0 Å². The molecule has 2 fully saturated rings. The molecule has 1 aromatic heterocycles. The van der Waals surface area contributed by atoms with Gasteiger partial charge in [0, 0.05) is 18.5 Å². The molecule has 4 rings (SSSR count). The topological polar surface area (TPSA) is 46.3 Å². The van der Waals surface area contributed by atoms with Crippen LogP contribution in [0.5, 0.6) is 0 Å². The zero-order valence-electron chi connectivity index (χ0n) is 12.2. The second-order valence-corrected chi connectivity index (χ2v) is 6.10. The van der Waals surface area contributed by atoms with E-state index in [-0.39, 0.29) is 17.8 Å². The van der Waals surface area contributed by atoms with Gasteiger partial charge in [-0.3, -0.25) is 4.79 Å². The lowest BCUT2D eigenvalue weighted by Gasteiger charge is -2.24. The molecule has 1 saturated carbocycles. The highest BCUT2D eigenvalue weighted by Crippen LogP contribution is 2.40. The van der Waals surface area contributed by atoms with E-state index < -0.39 is 0 Å². The van der Waals surface area contributed by atoms with E-state index in [0.29, 0.717) is 18.2 Å². The number of amides is 1. The Hall–Kier alpha value is -2.17. The van der Waals surface area contributed by atoms with Crippen molar-refractivity contribution in [3.8, 4) is 0 Å². The smallest absolute Gasteiger partial charge is 0.276 e. The predicted molar refractivity (Wildman–Crippen MR) is 77.9 cm³/mol. The Morgan fingerprint density at radius 2 is 2.14 bits per heavy atom. The van der Waals surface area contributed by atoms with Crippen LogP contribution in [0.15, 0.2) is 34.9 Å². The number of halogens is 1. The molecule has 1 aromatic carbocycles. The minimum absolute atomic E-state index is 0.0794. The molecule has 0 N–H and O–H groups in total. The molecule has 1 aliphatic heterocycles. The lowest BCUT2D eigenvalue weighted by atomic mass is 10.0. The molecule has 0 bridgehead atoms. The van der Waals surface area contributed by atoms with E-state index in [1.807, 2.05) is 6.07 Å². The highest BCUT2D eigenvalue weighted by Gasteiger charge is 2.34. The first-order valence-corrected chi connectivity index (χ1v) is 7.75. The molecular formula is C17H17FN2O2. The van der Waals surface area contributed by atoms with Gasteiger partial charge in [0.15, 0.2) is 5.69 Å². The number of carbonyl (C=O) groups excluding carboxylic acids is 1. The molecule has 22 heavy (non-hydrogen) atoms. The lowest BCUT2D eigenvalue weighted by molar-refractivity contribution is 0.0724. The molecule has 1 aliphatic carbocycles. The van der Waals surface area contributed by atoms with Gasteiger partial charge in [0.1, 0.15) is 11.6 Å². The summed E-state index contributed by atoms with van der Waals surface area (Å²) in [6, 6.07) is 8.18. The zero-order valence-corrected chi connectivity index (χ0v) is 12.2. The second-order valence-electron chi connectivity index (χ2n) is 6.10. The van der Waals surface area contributed by atoms with Gasteiger partial charge in [0.05, 0.1) is 6.04 Å². The van der Waals surface area contributed by atoms with Gasteiger partial charge in [-0.15, -0.1) is 0 Å². The molecular weight excluding hydrogens is 283 g/mol. The maximum atomic E-state index is 13.4. The van der Waals surface area contributed by atoms with Crippen LogP contribution in [0.4, 0.5) is 4.39 Å². The quantitative estimate of drug-likeness (QED) is 0.869. The third-order valence-electron chi connectivity index (χ3n) is 4.47. The zero-order chi connectivity index (χ0) is 15.1. The number of rotatable bonds is 3. The molecule has 2 aromatic rings. The van der Waals surface area contributed by atoms with E-state index in [1.165, 1.54) is 12.1 Å². The highest BCUT2D eigenvalue weighted by atomic mass is 19.1. The van der Waals surface area contributed by atoms with Crippen molar-refractivity contribution in [1.82, 2.24) is 10.1 Å². The Morgan fingerprint density at radius 1 is 1.27 bits per heavy atom. The summed E-state index contributed by atoms with van der Waals surface area (Å²) >= 11 is 0. The predicted octanol–water partition coefficient (Wildman–Crippen LogP) is 3.67. The Balaban J connectivity index is 1.58. The van der Waals surface area contributed by atoms with Gasteiger partial charge in [0.2, 0.25) is 0 Å². The number of benzene rings is 1. The van der Waals surface area contributed by atoms with Gasteiger partial charge in [-0.2, -0.15) is 0 Å². The van der Waals surface area contributed by atoms with Crippen LogP contribution < -0.4 is 0 Å². The molecule has 0 radical (unpaired) electrons. The van der Waals surface area contributed by atoms with Crippen molar-refractivity contribution in [2.24, 2.45) is 0 Å². The fourth-order valence-corrected chi connectivity index (χ4v) is 3.17. The molecule has 2 heterocycles. The maximum absolute atomic E-state index is 13.4. The Labute approximate surface area is 127 Å². The number of nitrogens with zero attached hydrogens (tertiary/aromatic N) is 2. The molecule has 2 aliphatic rings. The highest BCUT2D eigenvalue weighted by molar-refractivity contribution is 5.92. The molecule has 1 unspecified atom stereocenters. The Morgan fingerprint density at radius 3 is 2.91 bits per heavy atom. The van der Waals surface area contributed by atoms with Gasteiger partial charge in [0.25, 0.3) is 5.91 Å². The van der Waals surface area contributed by atoms with Crippen LogP contribution in [-0.4, -0.2) is 22.5 Å². The van der Waals surface area contributed by atoms with Crippen molar-refractivity contribution in [1.29, 1.82) is 0 Å². The average molecular weight is 300 g/mol. The van der Waals surface area contributed by atoms with Crippen molar-refractivity contribution in [3.05, 3.63) is 53.2 Å². The first-order chi connectivity index (χ1) is 10.7. The molecule has 1 saturated heterocycles. The van der Waals surface area contributed by atoms with Crippen LogP contribution in [0, 0.1) is 5.82 Å². The van der Waals surface area contributed by atoms with E-state index in [9.17, 15) is 9.18 Å². The van der Waals surface area contributed by atoms with Gasteiger partial charge >= 0.3 is 0 Å². The van der Waals surface area contributed by atoms with Crippen molar-refractivity contribution >= 4 is 5.91 Å². The van der Waals surface area contributed by atoms with E-state index >= 15 is 0 Å². The monoisotopic (exact) mass is 300 g/mol. The van der Waals surface area contributed by atoms with E-state index in [2.05, 4.69) is 5.16 Å². The fourth-order valence-electron chi connectivity index (χ4n) is 3.17. The standard InChI is InChI=1S/C17H17FN2O2/c18-13-4-1-3-12(9-13)15-5-2-8-20(15)17(21)14-10-16(22-19-14)11-6-7-11/h1,3-4,9-11,15H,2,5-8H2. The van der Waals surface area contributed by atoms with Crippen LogP contribution in [0.1, 0.15) is 59.5 Å². The lowest BCUT2D eigenvalue weighted by Crippen LogP contribution is -2.30. The van der Waals surface area contributed by atoms with Crippen molar-refractivity contribution < 1.29 is 13.7 Å². The van der Waals surface area contributed by atoms with Gasteiger partial charge in [-0.05, 0) is 43.4 Å². The molecule has 1 atom stereocenters. The Bertz CT molecular complexity index is 708. The van der Waals surface area contributed by atoms with Gasteiger partial charge in [-0.1, -0.05) is 17.3 Å². The minimum Gasteiger partial charge on any atom is -0.360 e. The summed E-state index contributed by atoms with van der Waals surface area (Å²) in [7, 11) is 0. The van der Waals surface area contributed by atoms with Crippen LogP contribution in [0.2, 0.25) is 0 Å². The first kappa shape index (κ1) is 13.5. The average Bonchev–Trinajstić information content (AvgIpc) is 3.06. The number of hydrogen-bond donors (Lipinski definition) is 0. The molecule has 4 nitrogen and oxygen atoms in total. The summed E-state index contributed by atoms with van der Waals surface area (Å²) in [5, 5.41) is 3.93. The normalized spacial score (nSPS) is 21.3. The number of likely N-dealkylation sites (tertiary alicyclic amines) is 1. The minimum atomic E-state index is -0.269. The van der Waals surface area contributed by atoms with Gasteiger partial charge < -0.3 is 9.42 Å². The fraction of sp³-hybridized carbons (Fsp3) is 0.412. The van der Waals surface area contributed by atoms with Gasteiger partial charge in [-0.25, -0.2) is 4.39 Å². The number of hydrogen-bond acceptors (Lipinski definition) is 3. The van der Waals surface area contributed by atoms with Crippen molar-refractivity contribution in [3.63, 3.8) is 0 Å². The summed E-state index contributed by atoms with van der Waals surface area (Å²) < 4.78 is 18.7. The van der Waals surface area contributed by atoms with Crippen molar-refractivity contribution in [2.45, 2.75) is 37.6 Å². The Kier molecular flexibility index (Phi) is 3.21. The third kappa shape index (κ3) is 2.40. The number of carbonyl (C=O) groups is 1. The van der Waals surface area contributed by atoms with E-state index in [4.69, 9.17) is 4.52 Å². The van der Waals surface area contributed by atoms with Crippen molar-refractivity contribution in [2.75, 3.05) is 6.54 Å². The molecule has 5 heteroatoms. The van der Waals surface area contributed by atoms with Crippen LogP contribution in [0.25, 0.3) is 0 Å². The largest absolute Gasteiger partial charge is 0.360 e. The van der Waals surface area contributed by atoms with E-state index in [1.54, 1.807) is 17.0 Å².